The Kier molecular flexibility index (Phi) is 4.94. The first-order valence-electron chi connectivity index (χ1n) is 9.73. The van der Waals surface area contributed by atoms with Crippen molar-refractivity contribution in [3.8, 4) is 0 Å². The van der Waals surface area contributed by atoms with Crippen LogP contribution in [0.15, 0.2) is 6.20 Å². The topological polar surface area (TPSA) is 82.4 Å². The summed E-state index contributed by atoms with van der Waals surface area (Å²) >= 11 is 0. The molecular weight excluding hydrogens is 318 g/mol. The summed E-state index contributed by atoms with van der Waals surface area (Å²) in [5, 5.41) is 19.9. The third-order valence-corrected chi connectivity index (χ3v) is 6.05. The number of amides is 2. The highest BCUT2D eigenvalue weighted by atomic mass is 16.3. The molecule has 7 heteroatoms. The van der Waals surface area contributed by atoms with E-state index in [1.807, 2.05) is 10.9 Å². The number of rotatable bonds is 4. The van der Waals surface area contributed by atoms with Gasteiger partial charge in [-0.3, -0.25) is 9.58 Å². The molecule has 1 aromatic rings. The lowest BCUT2D eigenvalue weighted by atomic mass is 9.93. The molecule has 3 unspecified atom stereocenters. The Morgan fingerprint density at radius 2 is 2.12 bits per heavy atom. The molecule has 2 amide bonds. The molecule has 138 valence electrons. The average molecular weight is 347 g/mol. The maximum Gasteiger partial charge on any atom is 0.315 e. The Morgan fingerprint density at radius 3 is 3.00 bits per heavy atom. The van der Waals surface area contributed by atoms with Gasteiger partial charge in [-0.2, -0.15) is 5.10 Å². The van der Waals surface area contributed by atoms with Crippen LogP contribution in [-0.4, -0.2) is 57.6 Å². The molecule has 0 aromatic carbocycles. The van der Waals surface area contributed by atoms with Crippen molar-refractivity contribution in [3.63, 3.8) is 0 Å². The van der Waals surface area contributed by atoms with E-state index in [0.717, 1.165) is 43.5 Å². The number of hydrogen-bond donors (Lipinski definition) is 3. The Balaban J connectivity index is 1.37. The van der Waals surface area contributed by atoms with Crippen molar-refractivity contribution in [2.75, 3.05) is 19.7 Å². The summed E-state index contributed by atoms with van der Waals surface area (Å²) in [6.07, 6.45) is 9.63. The van der Waals surface area contributed by atoms with E-state index in [1.54, 1.807) is 0 Å². The summed E-state index contributed by atoms with van der Waals surface area (Å²) < 4.78 is 1.87. The molecule has 0 radical (unpaired) electrons. The first-order chi connectivity index (χ1) is 12.3. The van der Waals surface area contributed by atoms with Crippen LogP contribution < -0.4 is 10.6 Å². The summed E-state index contributed by atoms with van der Waals surface area (Å²) in [6, 6.07) is 0.777. The van der Waals surface area contributed by atoms with Gasteiger partial charge in [-0.25, -0.2) is 4.79 Å². The minimum atomic E-state index is -0.0508. The van der Waals surface area contributed by atoms with Crippen molar-refractivity contribution >= 4 is 6.03 Å². The summed E-state index contributed by atoms with van der Waals surface area (Å²) in [4.78, 5) is 15.1. The van der Waals surface area contributed by atoms with E-state index in [1.165, 1.54) is 25.8 Å². The molecule has 0 bridgehead atoms. The van der Waals surface area contributed by atoms with Crippen LogP contribution in [-0.2, 0) is 13.0 Å². The number of aromatic nitrogens is 2. The predicted octanol–water partition coefficient (Wildman–Crippen LogP) is 1.18. The molecule has 2 aliphatic heterocycles. The van der Waals surface area contributed by atoms with E-state index in [4.69, 9.17) is 5.11 Å². The van der Waals surface area contributed by atoms with Gasteiger partial charge in [0.25, 0.3) is 0 Å². The normalized spacial score (nSPS) is 29.1. The largest absolute Gasteiger partial charge is 0.394 e. The molecule has 7 nitrogen and oxygen atoms in total. The van der Waals surface area contributed by atoms with E-state index in [0.29, 0.717) is 12.6 Å². The fourth-order valence-corrected chi connectivity index (χ4v) is 4.84. The Labute approximate surface area is 148 Å². The number of carbonyl (C=O) groups excluding carboxylic acids is 1. The van der Waals surface area contributed by atoms with Gasteiger partial charge < -0.3 is 15.7 Å². The Bertz CT molecular complexity index is 617. The zero-order valence-corrected chi connectivity index (χ0v) is 14.8. The van der Waals surface area contributed by atoms with Crippen LogP contribution in [0.25, 0.3) is 0 Å². The highest BCUT2D eigenvalue weighted by molar-refractivity contribution is 5.75. The lowest BCUT2D eigenvalue weighted by Gasteiger charge is -2.33. The molecule has 2 fully saturated rings. The fourth-order valence-electron chi connectivity index (χ4n) is 4.84. The standard InChI is InChI=1S/C18H29N5O2/c24-11-10-23-16-6-3-4-14(13(16)12-19-23)20-18(25)21-15-7-9-22-8-2-1-5-17(15)22/h12,14-15,17,24H,1-11H2,(H2,20,21,25). The van der Waals surface area contributed by atoms with E-state index in [-0.39, 0.29) is 24.7 Å². The minimum Gasteiger partial charge on any atom is -0.394 e. The summed E-state index contributed by atoms with van der Waals surface area (Å²) in [5.41, 5.74) is 2.27. The van der Waals surface area contributed by atoms with Crippen molar-refractivity contribution in [1.82, 2.24) is 25.3 Å². The highest BCUT2D eigenvalue weighted by Gasteiger charge is 2.36. The molecule has 3 heterocycles. The second-order valence-electron chi connectivity index (χ2n) is 7.55. The van der Waals surface area contributed by atoms with Crippen molar-refractivity contribution in [2.24, 2.45) is 0 Å². The van der Waals surface area contributed by atoms with Crippen LogP contribution in [0.4, 0.5) is 4.79 Å². The molecule has 0 spiro atoms. The van der Waals surface area contributed by atoms with Crippen LogP contribution in [0.2, 0.25) is 0 Å². The van der Waals surface area contributed by atoms with Crippen molar-refractivity contribution in [3.05, 3.63) is 17.5 Å². The first kappa shape index (κ1) is 16.8. The second kappa shape index (κ2) is 7.33. The van der Waals surface area contributed by atoms with E-state index < -0.39 is 0 Å². The van der Waals surface area contributed by atoms with Crippen LogP contribution >= 0.6 is 0 Å². The van der Waals surface area contributed by atoms with Crippen LogP contribution in [0.3, 0.4) is 0 Å². The fraction of sp³-hybridized carbons (Fsp3) is 0.778. The van der Waals surface area contributed by atoms with E-state index >= 15 is 0 Å². The predicted molar refractivity (Wildman–Crippen MR) is 94.3 cm³/mol. The molecule has 4 rings (SSSR count). The number of carbonyl (C=O) groups is 1. The number of hydrogen-bond acceptors (Lipinski definition) is 4. The lowest BCUT2D eigenvalue weighted by Crippen LogP contribution is -2.50. The van der Waals surface area contributed by atoms with Crippen molar-refractivity contribution in [1.29, 1.82) is 0 Å². The summed E-state index contributed by atoms with van der Waals surface area (Å²) in [5.74, 6) is 0. The number of piperidine rings is 1. The minimum absolute atomic E-state index is 0.0278. The molecule has 3 N–H and O–H groups in total. The van der Waals surface area contributed by atoms with Gasteiger partial charge in [0, 0.05) is 29.9 Å². The number of aliphatic hydroxyl groups excluding tert-OH is 1. The highest BCUT2D eigenvalue weighted by Crippen LogP contribution is 2.30. The van der Waals surface area contributed by atoms with Crippen molar-refractivity contribution in [2.45, 2.75) is 69.6 Å². The average Bonchev–Trinajstić information content (AvgIpc) is 3.21. The molecule has 1 aliphatic carbocycles. The second-order valence-corrected chi connectivity index (χ2v) is 7.55. The third-order valence-electron chi connectivity index (χ3n) is 6.05. The van der Waals surface area contributed by atoms with Gasteiger partial charge in [-0.1, -0.05) is 6.42 Å². The maximum atomic E-state index is 12.6. The van der Waals surface area contributed by atoms with Gasteiger partial charge in [0.2, 0.25) is 0 Å². The van der Waals surface area contributed by atoms with Gasteiger partial charge >= 0.3 is 6.03 Å². The Hall–Kier alpha value is -1.60. The maximum absolute atomic E-state index is 12.6. The lowest BCUT2D eigenvalue weighted by molar-refractivity contribution is 0.178. The number of nitrogens with one attached hydrogen (secondary N) is 2. The van der Waals surface area contributed by atoms with Crippen LogP contribution in [0, 0.1) is 0 Å². The molecule has 0 saturated carbocycles. The van der Waals surface area contributed by atoms with Crippen molar-refractivity contribution < 1.29 is 9.90 Å². The summed E-state index contributed by atoms with van der Waals surface area (Å²) in [7, 11) is 0. The van der Waals surface area contributed by atoms with Gasteiger partial charge in [-0.15, -0.1) is 0 Å². The number of aliphatic hydroxyl groups is 1. The quantitative estimate of drug-likeness (QED) is 0.764. The van der Waals surface area contributed by atoms with E-state index in [9.17, 15) is 4.79 Å². The van der Waals surface area contributed by atoms with Gasteiger partial charge in [0.05, 0.1) is 25.4 Å². The smallest absolute Gasteiger partial charge is 0.315 e. The first-order valence-corrected chi connectivity index (χ1v) is 9.73. The third kappa shape index (κ3) is 3.40. The zero-order valence-electron chi connectivity index (χ0n) is 14.8. The van der Waals surface area contributed by atoms with Crippen LogP contribution in [0.5, 0.6) is 0 Å². The summed E-state index contributed by atoms with van der Waals surface area (Å²) in [6.45, 7) is 2.90. The number of nitrogens with zero attached hydrogens (tertiary/aromatic N) is 3. The SMILES string of the molecule is O=C(NC1CCCc2c1cnn2CCO)NC1CCN2CCCCC12. The van der Waals surface area contributed by atoms with Gasteiger partial charge in [0.15, 0.2) is 0 Å². The monoisotopic (exact) mass is 347 g/mol. The number of fused-ring (bicyclic) bond motifs is 2. The molecule has 3 aliphatic rings. The molecular formula is C18H29N5O2. The molecule has 2 saturated heterocycles. The van der Waals surface area contributed by atoms with Crippen LogP contribution in [0.1, 0.15) is 55.8 Å². The zero-order chi connectivity index (χ0) is 17.2. The molecule has 25 heavy (non-hydrogen) atoms. The molecule has 1 aromatic heterocycles. The number of urea groups is 1. The van der Waals surface area contributed by atoms with Gasteiger partial charge in [-0.05, 0) is 45.1 Å². The molecule has 3 atom stereocenters. The van der Waals surface area contributed by atoms with Gasteiger partial charge in [0.1, 0.15) is 0 Å². The Morgan fingerprint density at radius 1 is 1.20 bits per heavy atom. The van der Waals surface area contributed by atoms with E-state index in [2.05, 4.69) is 20.6 Å².